The molecule has 0 spiro atoms. The van der Waals surface area contributed by atoms with Crippen molar-refractivity contribution >= 4 is 12.2 Å². The maximum absolute atomic E-state index is 11.4. The summed E-state index contributed by atoms with van der Waals surface area (Å²) in [6, 6.07) is 13.9. The van der Waals surface area contributed by atoms with Gasteiger partial charge < -0.3 is 9.47 Å². The monoisotopic (exact) mass is 302 g/mol. The SMILES string of the molecule is NNC(=O)Oc1cccc(-c2ccccc2)c1OC(=O)NN. The van der Waals surface area contributed by atoms with Gasteiger partial charge in [0.1, 0.15) is 0 Å². The summed E-state index contributed by atoms with van der Waals surface area (Å²) in [5, 5.41) is 0. The highest BCUT2D eigenvalue weighted by molar-refractivity contribution is 5.81. The number of nitrogens with two attached hydrogens (primary N) is 2. The van der Waals surface area contributed by atoms with E-state index in [0.717, 1.165) is 5.56 Å². The van der Waals surface area contributed by atoms with Crippen molar-refractivity contribution in [3.05, 3.63) is 48.5 Å². The molecular formula is C14H14N4O4. The van der Waals surface area contributed by atoms with Crippen LogP contribution in [0.25, 0.3) is 11.1 Å². The molecule has 0 radical (unpaired) electrons. The summed E-state index contributed by atoms with van der Waals surface area (Å²) in [5.74, 6) is 10.1. The molecule has 2 rings (SSSR count). The largest absolute Gasteiger partial charge is 0.427 e. The van der Waals surface area contributed by atoms with Gasteiger partial charge in [0.15, 0.2) is 11.5 Å². The van der Waals surface area contributed by atoms with Gasteiger partial charge in [0, 0.05) is 5.56 Å². The first kappa shape index (κ1) is 15.3. The first-order valence-corrected chi connectivity index (χ1v) is 6.21. The number of hydrazine groups is 2. The number of ether oxygens (including phenoxy) is 2. The zero-order valence-electron chi connectivity index (χ0n) is 11.4. The number of amides is 2. The average Bonchev–Trinajstić information content (AvgIpc) is 2.56. The van der Waals surface area contributed by atoms with Crippen molar-refractivity contribution in [1.29, 1.82) is 0 Å². The molecule has 114 valence electrons. The van der Waals surface area contributed by atoms with Crippen molar-refractivity contribution in [3.63, 3.8) is 0 Å². The average molecular weight is 302 g/mol. The highest BCUT2D eigenvalue weighted by Gasteiger charge is 2.18. The Morgan fingerprint density at radius 1 is 0.818 bits per heavy atom. The predicted octanol–water partition coefficient (Wildman–Crippen LogP) is 1.28. The Morgan fingerprint density at radius 3 is 2.09 bits per heavy atom. The lowest BCUT2D eigenvalue weighted by Gasteiger charge is -2.14. The second-order valence-electron chi connectivity index (χ2n) is 4.07. The number of para-hydroxylation sites is 1. The van der Waals surface area contributed by atoms with E-state index in [-0.39, 0.29) is 11.5 Å². The second kappa shape index (κ2) is 7.07. The molecule has 8 nitrogen and oxygen atoms in total. The van der Waals surface area contributed by atoms with Crippen LogP contribution in [-0.2, 0) is 0 Å². The van der Waals surface area contributed by atoms with Crippen LogP contribution in [0.15, 0.2) is 48.5 Å². The van der Waals surface area contributed by atoms with Crippen LogP contribution in [0.1, 0.15) is 0 Å². The van der Waals surface area contributed by atoms with Crippen LogP contribution < -0.4 is 32.0 Å². The number of carbonyl (C=O) groups is 2. The van der Waals surface area contributed by atoms with E-state index >= 15 is 0 Å². The molecule has 22 heavy (non-hydrogen) atoms. The van der Waals surface area contributed by atoms with Crippen molar-refractivity contribution in [2.24, 2.45) is 11.7 Å². The standard InChI is InChI=1S/C14H14N4O4/c15-17-13(19)21-11-8-4-7-10(9-5-2-1-3-6-9)12(11)22-14(20)18-16/h1-8H,15-16H2,(H,17,19)(H,18,20). The molecule has 0 aliphatic heterocycles. The van der Waals surface area contributed by atoms with Gasteiger partial charge >= 0.3 is 12.2 Å². The molecule has 2 amide bonds. The molecule has 0 bridgehead atoms. The minimum Gasteiger partial charge on any atom is -0.405 e. The molecule has 0 atom stereocenters. The molecule has 2 aromatic carbocycles. The van der Waals surface area contributed by atoms with E-state index < -0.39 is 12.2 Å². The van der Waals surface area contributed by atoms with Crippen LogP contribution in [0.2, 0.25) is 0 Å². The summed E-state index contributed by atoms with van der Waals surface area (Å²) in [5.41, 5.74) is 4.98. The number of hydrogen-bond donors (Lipinski definition) is 4. The summed E-state index contributed by atoms with van der Waals surface area (Å²) in [6.45, 7) is 0. The van der Waals surface area contributed by atoms with Crippen molar-refractivity contribution in [1.82, 2.24) is 10.9 Å². The topological polar surface area (TPSA) is 129 Å². The van der Waals surface area contributed by atoms with Crippen LogP contribution >= 0.6 is 0 Å². The molecule has 0 unspecified atom stereocenters. The molecule has 2 aromatic rings. The quantitative estimate of drug-likeness (QED) is 0.384. The lowest BCUT2D eigenvalue weighted by molar-refractivity contribution is 0.190. The molecule has 0 aromatic heterocycles. The fraction of sp³-hybridized carbons (Fsp3) is 0. The smallest absolute Gasteiger partial charge is 0.405 e. The molecule has 0 aliphatic rings. The van der Waals surface area contributed by atoms with Gasteiger partial charge in [0.25, 0.3) is 0 Å². The maximum Gasteiger partial charge on any atom is 0.427 e. The van der Waals surface area contributed by atoms with E-state index in [1.54, 1.807) is 12.1 Å². The van der Waals surface area contributed by atoms with Crippen LogP contribution in [0, 0.1) is 0 Å². The van der Waals surface area contributed by atoms with Gasteiger partial charge in [-0.05, 0) is 11.6 Å². The highest BCUT2D eigenvalue weighted by atomic mass is 16.6. The molecule has 6 N–H and O–H groups in total. The fourth-order valence-corrected chi connectivity index (χ4v) is 1.80. The summed E-state index contributed by atoms with van der Waals surface area (Å²) < 4.78 is 10.1. The number of hydrogen-bond acceptors (Lipinski definition) is 6. The molecule has 8 heteroatoms. The van der Waals surface area contributed by atoms with Crippen LogP contribution in [0.4, 0.5) is 9.59 Å². The third-order valence-corrected chi connectivity index (χ3v) is 2.70. The van der Waals surface area contributed by atoms with Crippen LogP contribution in [0.5, 0.6) is 11.5 Å². The molecule has 0 aliphatic carbocycles. The van der Waals surface area contributed by atoms with E-state index in [1.165, 1.54) is 6.07 Å². The lowest BCUT2D eigenvalue weighted by atomic mass is 10.0. The van der Waals surface area contributed by atoms with Crippen molar-refractivity contribution in [2.45, 2.75) is 0 Å². The van der Waals surface area contributed by atoms with Gasteiger partial charge in [-0.15, -0.1) is 0 Å². The normalized spacial score (nSPS) is 9.73. The molecular weight excluding hydrogens is 288 g/mol. The minimum absolute atomic E-state index is 0.0212. The van der Waals surface area contributed by atoms with Gasteiger partial charge in [-0.3, -0.25) is 10.9 Å². The Balaban J connectivity index is 2.50. The van der Waals surface area contributed by atoms with Crippen molar-refractivity contribution in [3.8, 4) is 22.6 Å². The number of carbonyl (C=O) groups excluding carboxylic acids is 2. The van der Waals surface area contributed by atoms with Crippen molar-refractivity contribution in [2.75, 3.05) is 0 Å². The van der Waals surface area contributed by atoms with Crippen LogP contribution in [-0.4, -0.2) is 12.2 Å². The third kappa shape index (κ3) is 3.51. The molecule has 0 heterocycles. The Labute approximate surface area is 125 Å². The zero-order valence-corrected chi connectivity index (χ0v) is 11.4. The predicted molar refractivity (Wildman–Crippen MR) is 78.6 cm³/mol. The number of benzene rings is 2. The highest BCUT2D eigenvalue weighted by Crippen LogP contribution is 2.38. The summed E-state index contributed by atoms with van der Waals surface area (Å²) in [4.78, 5) is 22.7. The van der Waals surface area contributed by atoms with Gasteiger partial charge in [0.2, 0.25) is 0 Å². The molecule has 0 fully saturated rings. The Morgan fingerprint density at radius 2 is 1.45 bits per heavy atom. The van der Waals surface area contributed by atoms with E-state index in [0.29, 0.717) is 5.56 Å². The lowest BCUT2D eigenvalue weighted by Crippen LogP contribution is -2.34. The molecule has 0 saturated heterocycles. The van der Waals surface area contributed by atoms with E-state index in [9.17, 15) is 9.59 Å². The first-order valence-electron chi connectivity index (χ1n) is 6.21. The number of nitrogens with one attached hydrogen (secondary N) is 2. The molecule has 0 saturated carbocycles. The third-order valence-electron chi connectivity index (χ3n) is 2.70. The Kier molecular flexibility index (Phi) is 4.91. The van der Waals surface area contributed by atoms with Gasteiger partial charge in [-0.2, -0.15) is 0 Å². The summed E-state index contributed by atoms with van der Waals surface area (Å²) in [7, 11) is 0. The van der Waals surface area contributed by atoms with E-state index in [2.05, 4.69) is 0 Å². The van der Waals surface area contributed by atoms with Gasteiger partial charge in [-0.25, -0.2) is 21.3 Å². The van der Waals surface area contributed by atoms with Gasteiger partial charge in [-0.1, -0.05) is 42.5 Å². The minimum atomic E-state index is -0.901. The van der Waals surface area contributed by atoms with Gasteiger partial charge in [0.05, 0.1) is 0 Å². The maximum atomic E-state index is 11.4. The summed E-state index contributed by atoms with van der Waals surface area (Å²) >= 11 is 0. The zero-order chi connectivity index (χ0) is 15.9. The van der Waals surface area contributed by atoms with Crippen molar-refractivity contribution < 1.29 is 19.1 Å². The second-order valence-corrected chi connectivity index (χ2v) is 4.07. The fourth-order valence-electron chi connectivity index (χ4n) is 1.80. The number of rotatable bonds is 3. The summed E-state index contributed by atoms with van der Waals surface area (Å²) in [6.07, 6.45) is -1.80. The first-order chi connectivity index (χ1) is 10.7. The van der Waals surface area contributed by atoms with E-state index in [4.69, 9.17) is 21.2 Å². The Bertz CT molecular complexity index is 676. The Hall–Kier alpha value is -3.10. The van der Waals surface area contributed by atoms with E-state index in [1.807, 2.05) is 41.2 Å². The van der Waals surface area contributed by atoms with Crippen LogP contribution in [0.3, 0.4) is 0 Å².